The minimum absolute atomic E-state index is 0.161. The molecule has 2 N–H and O–H groups in total. The molecule has 4 nitrogen and oxygen atoms in total. The topological polar surface area (TPSA) is 73.8 Å². The van der Waals surface area contributed by atoms with Crippen molar-refractivity contribution in [1.82, 2.24) is 4.98 Å². The number of pyridine rings is 1. The molecule has 0 aliphatic heterocycles. The molecule has 148 valence electrons. The van der Waals surface area contributed by atoms with Crippen LogP contribution >= 0.6 is 0 Å². The molecular weight excluding hydrogens is 377 g/mol. The number of hydrogen-bond acceptors (Lipinski definition) is 3. The highest BCUT2D eigenvalue weighted by atomic mass is 32.2. The number of aromatic amines is 1. The number of halogens is 3. The first kappa shape index (κ1) is 21.2. The van der Waals surface area contributed by atoms with Gasteiger partial charge in [-0.2, -0.15) is 13.2 Å². The van der Waals surface area contributed by atoms with Gasteiger partial charge in [0.25, 0.3) is 0 Å². The Balaban J connectivity index is 2.84. The maximum absolute atomic E-state index is 13.7. The molecule has 1 heterocycles. The van der Waals surface area contributed by atoms with Crippen LogP contribution in [0.5, 0.6) is 0 Å². The van der Waals surface area contributed by atoms with Gasteiger partial charge in [-0.25, -0.2) is 8.99 Å². The van der Waals surface area contributed by atoms with E-state index in [2.05, 4.69) is 4.98 Å². The number of rotatable bonds is 2. The van der Waals surface area contributed by atoms with Crippen LogP contribution < -0.4 is 5.43 Å². The molecule has 0 bridgehead atoms. The molecule has 8 heteroatoms. The Labute approximate surface area is 156 Å². The molecule has 1 aromatic carbocycles. The van der Waals surface area contributed by atoms with Crippen LogP contribution in [0.4, 0.5) is 13.2 Å². The summed E-state index contributed by atoms with van der Waals surface area (Å²) in [6, 6.07) is 3.65. The molecule has 2 aromatic rings. The monoisotopic (exact) mass is 400 g/mol. The summed E-state index contributed by atoms with van der Waals surface area (Å²) >= 11 is 0. The molecule has 27 heavy (non-hydrogen) atoms. The van der Waals surface area contributed by atoms with E-state index in [9.17, 15) is 22.2 Å². The summed E-state index contributed by atoms with van der Waals surface area (Å²) in [6.45, 7) is 8.30. The van der Waals surface area contributed by atoms with E-state index in [1.165, 1.54) is 13.0 Å². The molecule has 0 aliphatic rings. The summed E-state index contributed by atoms with van der Waals surface area (Å²) in [4.78, 5) is 15.0. The van der Waals surface area contributed by atoms with Crippen molar-refractivity contribution in [3.63, 3.8) is 0 Å². The first-order chi connectivity index (χ1) is 12.0. The predicted molar refractivity (Wildman–Crippen MR) is 101 cm³/mol. The average molecular weight is 400 g/mol. The molecule has 1 atom stereocenters. The molecule has 0 saturated carbocycles. The fourth-order valence-electron chi connectivity index (χ4n) is 3.16. The standard InChI is InChI=1S/C19H23F3N2O2S/c1-10-7-13(18(3,4)5)14(19(20,21)22)8-12(10)15-9-16(25)17(11(2)24-15)27(6,23)26/h7-9,23H,1-6H3,(H,24,25)/t27-/m1/s1. The minimum atomic E-state index is -4.54. The fourth-order valence-corrected chi connectivity index (χ4v) is 4.24. The summed E-state index contributed by atoms with van der Waals surface area (Å²) in [7, 11) is -3.25. The quantitative estimate of drug-likeness (QED) is 0.744. The van der Waals surface area contributed by atoms with Crippen molar-refractivity contribution >= 4 is 9.73 Å². The lowest BCUT2D eigenvalue weighted by Crippen LogP contribution is -2.20. The van der Waals surface area contributed by atoms with E-state index in [0.717, 1.165) is 18.4 Å². The number of alkyl halides is 3. The Bertz CT molecular complexity index is 1060. The maximum Gasteiger partial charge on any atom is 0.416 e. The zero-order chi connectivity index (χ0) is 20.9. The number of hydrogen-bond donors (Lipinski definition) is 2. The molecule has 0 fully saturated rings. The van der Waals surface area contributed by atoms with E-state index in [0.29, 0.717) is 5.56 Å². The van der Waals surface area contributed by atoms with E-state index in [-0.39, 0.29) is 27.4 Å². The van der Waals surface area contributed by atoms with Crippen LogP contribution in [0.15, 0.2) is 27.9 Å². The zero-order valence-corrected chi connectivity index (χ0v) is 16.9. The molecule has 0 spiro atoms. The number of benzene rings is 1. The van der Waals surface area contributed by atoms with Gasteiger partial charge < -0.3 is 4.98 Å². The van der Waals surface area contributed by atoms with E-state index in [1.54, 1.807) is 27.7 Å². The van der Waals surface area contributed by atoms with Gasteiger partial charge in [0.2, 0.25) is 0 Å². The van der Waals surface area contributed by atoms with Crippen molar-refractivity contribution < 1.29 is 17.4 Å². The fraction of sp³-hybridized carbons (Fsp3) is 0.421. The van der Waals surface area contributed by atoms with Crippen LogP contribution in [0.3, 0.4) is 0 Å². The van der Waals surface area contributed by atoms with Crippen molar-refractivity contribution in [3.05, 3.63) is 50.8 Å². The van der Waals surface area contributed by atoms with Crippen LogP contribution in [-0.2, 0) is 21.3 Å². The Kier molecular flexibility index (Phi) is 5.11. The van der Waals surface area contributed by atoms with Gasteiger partial charge in [0, 0.05) is 29.3 Å². The third-order valence-corrected chi connectivity index (χ3v) is 5.61. The molecule has 0 aliphatic carbocycles. The van der Waals surface area contributed by atoms with Gasteiger partial charge in [0.05, 0.1) is 15.3 Å². The summed E-state index contributed by atoms with van der Waals surface area (Å²) < 4.78 is 60.6. The van der Waals surface area contributed by atoms with E-state index < -0.39 is 32.3 Å². The van der Waals surface area contributed by atoms with Gasteiger partial charge in [0.15, 0.2) is 5.43 Å². The Morgan fingerprint density at radius 2 is 1.59 bits per heavy atom. The SMILES string of the molecule is Cc1cc(C(C)(C)C)c(C(F)(F)F)cc1-c1cc(=O)c([S@](C)(=N)=O)c(C)[nH]1. The number of aryl methyl sites for hydroxylation is 2. The van der Waals surface area contributed by atoms with Crippen LogP contribution in [-0.4, -0.2) is 15.4 Å². The first-order valence-corrected chi connectivity index (χ1v) is 10.2. The van der Waals surface area contributed by atoms with Gasteiger partial charge in [-0.15, -0.1) is 0 Å². The summed E-state index contributed by atoms with van der Waals surface area (Å²) in [5.74, 6) is 0. The molecule has 0 saturated heterocycles. The molecule has 2 rings (SSSR count). The highest BCUT2D eigenvalue weighted by Gasteiger charge is 2.37. The highest BCUT2D eigenvalue weighted by Crippen LogP contribution is 2.40. The minimum Gasteiger partial charge on any atom is -0.357 e. The van der Waals surface area contributed by atoms with Gasteiger partial charge in [-0.3, -0.25) is 4.79 Å². The smallest absolute Gasteiger partial charge is 0.357 e. The van der Waals surface area contributed by atoms with Crippen molar-refractivity contribution in [2.24, 2.45) is 0 Å². The summed E-state index contributed by atoms with van der Waals surface area (Å²) in [5, 5.41) is 0. The lowest BCUT2D eigenvalue weighted by atomic mass is 9.81. The maximum atomic E-state index is 13.7. The molecule has 0 amide bonds. The van der Waals surface area contributed by atoms with Crippen molar-refractivity contribution in [3.8, 4) is 11.3 Å². The van der Waals surface area contributed by atoms with Crippen molar-refractivity contribution in [1.29, 1.82) is 4.78 Å². The number of nitrogens with one attached hydrogen (secondary N) is 2. The second-order valence-electron chi connectivity index (χ2n) is 7.81. The van der Waals surface area contributed by atoms with Gasteiger partial charge in [0.1, 0.15) is 4.90 Å². The van der Waals surface area contributed by atoms with E-state index in [4.69, 9.17) is 4.78 Å². The largest absolute Gasteiger partial charge is 0.416 e. The Morgan fingerprint density at radius 1 is 1.04 bits per heavy atom. The van der Waals surface area contributed by atoms with Gasteiger partial charge >= 0.3 is 6.18 Å². The second-order valence-corrected chi connectivity index (χ2v) is 9.90. The van der Waals surface area contributed by atoms with Crippen LogP contribution in [0.2, 0.25) is 0 Å². The lowest BCUT2D eigenvalue weighted by molar-refractivity contribution is -0.138. The van der Waals surface area contributed by atoms with Crippen LogP contribution in [0.25, 0.3) is 11.3 Å². The summed E-state index contributed by atoms with van der Waals surface area (Å²) in [5.41, 5.74) is -0.667. The zero-order valence-electron chi connectivity index (χ0n) is 16.1. The van der Waals surface area contributed by atoms with Crippen molar-refractivity contribution in [2.75, 3.05) is 6.26 Å². The normalized spacial score (nSPS) is 14.9. The van der Waals surface area contributed by atoms with E-state index >= 15 is 0 Å². The Morgan fingerprint density at radius 3 is 2.00 bits per heavy atom. The lowest BCUT2D eigenvalue weighted by Gasteiger charge is -2.26. The molecule has 1 aromatic heterocycles. The highest BCUT2D eigenvalue weighted by molar-refractivity contribution is 7.91. The molecular formula is C19H23F3N2O2S. The predicted octanol–water partition coefficient (Wildman–Crippen LogP) is 5.01. The van der Waals surface area contributed by atoms with Crippen LogP contribution in [0, 0.1) is 18.6 Å². The second kappa shape index (κ2) is 6.51. The van der Waals surface area contributed by atoms with Crippen LogP contribution in [0.1, 0.15) is 43.2 Å². The first-order valence-electron chi connectivity index (χ1n) is 8.24. The summed E-state index contributed by atoms with van der Waals surface area (Å²) in [6.07, 6.45) is -3.41. The van der Waals surface area contributed by atoms with Gasteiger partial charge in [-0.1, -0.05) is 26.8 Å². The number of H-pyrrole nitrogens is 1. The van der Waals surface area contributed by atoms with E-state index in [1.807, 2.05) is 0 Å². The van der Waals surface area contributed by atoms with Gasteiger partial charge in [-0.05, 0) is 36.5 Å². The molecule has 0 unspecified atom stereocenters. The average Bonchev–Trinajstić information content (AvgIpc) is 2.42. The third-order valence-electron chi connectivity index (χ3n) is 4.32. The number of aromatic nitrogens is 1. The molecule has 0 radical (unpaired) electrons. The third kappa shape index (κ3) is 4.26. The van der Waals surface area contributed by atoms with Crippen molar-refractivity contribution in [2.45, 2.75) is 51.1 Å². The Hall–Kier alpha value is -2.09.